The first kappa shape index (κ1) is 19.3. The summed E-state index contributed by atoms with van der Waals surface area (Å²) < 4.78 is 18.9. The number of likely N-dealkylation sites (tertiary alicyclic amines) is 2. The number of nitrogens with zero attached hydrogens (tertiary/aromatic N) is 3. The number of nitrogens with one attached hydrogen (secondary N) is 1. The minimum Gasteiger partial charge on any atom is -0.375 e. The van der Waals surface area contributed by atoms with Crippen LogP contribution in [0.1, 0.15) is 22.1 Å². The van der Waals surface area contributed by atoms with Crippen LogP contribution >= 0.6 is 0 Å². The predicted molar refractivity (Wildman–Crippen MR) is 100 cm³/mol. The highest BCUT2D eigenvalue weighted by atomic mass is 19.1. The van der Waals surface area contributed by atoms with Crippen LogP contribution in [0, 0.1) is 17.7 Å². The summed E-state index contributed by atoms with van der Waals surface area (Å²) in [5.41, 5.74) is 0.496. The average Bonchev–Trinajstić information content (AvgIpc) is 3.26. The van der Waals surface area contributed by atoms with E-state index in [-0.39, 0.29) is 53.4 Å². The zero-order chi connectivity index (χ0) is 20.5. The number of benzene rings is 1. The van der Waals surface area contributed by atoms with E-state index in [1.807, 2.05) is 0 Å². The summed E-state index contributed by atoms with van der Waals surface area (Å²) >= 11 is 0. The van der Waals surface area contributed by atoms with Gasteiger partial charge < -0.3 is 14.5 Å². The molecule has 0 saturated carbocycles. The molecule has 3 atom stereocenters. The molecule has 1 aromatic carbocycles. The van der Waals surface area contributed by atoms with Crippen LogP contribution in [0.15, 0.2) is 41.2 Å². The van der Waals surface area contributed by atoms with E-state index < -0.39 is 0 Å². The molecule has 1 N–H and O–H groups in total. The molecule has 0 spiro atoms. The number of ether oxygens (including phenoxy) is 1. The quantitative estimate of drug-likeness (QED) is 0.820. The van der Waals surface area contributed by atoms with E-state index >= 15 is 0 Å². The lowest BCUT2D eigenvalue weighted by molar-refractivity contribution is -0.136. The van der Waals surface area contributed by atoms with Gasteiger partial charge in [0.1, 0.15) is 18.1 Å². The monoisotopic (exact) mass is 400 g/mol. The van der Waals surface area contributed by atoms with Gasteiger partial charge in [-0.15, -0.1) is 0 Å². The number of carbonyl (C=O) groups excluding carboxylic acids is 2. The van der Waals surface area contributed by atoms with Gasteiger partial charge in [-0.25, -0.2) is 9.49 Å². The number of fused-ring (bicyclic) bond motifs is 1. The lowest BCUT2D eigenvalue weighted by Gasteiger charge is -2.30. The third kappa shape index (κ3) is 3.65. The Labute approximate surface area is 166 Å². The van der Waals surface area contributed by atoms with Crippen LogP contribution in [0.4, 0.5) is 4.39 Å². The number of aromatic nitrogens is 2. The zero-order valence-electron chi connectivity index (χ0n) is 15.9. The zero-order valence-corrected chi connectivity index (χ0v) is 15.9. The van der Waals surface area contributed by atoms with Crippen molar-refractivity contribution in [3.8, 4) is 0 Å². The van der Waals surface area contributed by atoms with Gasteiger partial charge in [0.25, 0.3) is 11.5 Å². The van der Waals surface area contributed by atoms with Crippen LogP contribution in [0.25, 0.3) is 0 Å². The van der Waals surface area contributed by atoms with Crippen LogP contribution in [-0.2, 0) is 9.53 Å². The Morgan fingerprint density at radius 2 is 2.07 bits per heavy atom. The smallest absolute Gasteiger partial charge is 0.274 e. The number of amides is 2. The molecule has 4 rings (SSSR count). The molecule has 3 heterocycles. The van der Waals surface area contributed by atoms with E-state index in [0.29, 0.717) is 25.2 Å². The number of rotatable bonds is 4. The molecule has 2 aliphatic heterocycles. The van der Waals surface area contributed by atoms with E-state index in [0.717, 1.165) is 0 Å². The van der Waals surface area contributed by atoms with E-state index in [1.165, 1.54) is 31.4 Å². The molecule has 2 amide bonds. The fraction of sp³-hybridized carbons (Fsp3) is 0.400. The molecule has 152 valence electrons. The van der Waals surface area contributed by atoms with Crippen molar-refractivity contribution in [3.63, 3.8) is 0 Å². The van der Waals surface area contributed by atoms with Crippen molar-refractivity contribution in [2.24, 2.45) is 11.8 Å². The average molecular weight is 400 g/mol. The molecular weight excluding hydrogens is 379 g/mol. The maximum Gasteiger partial charge on any atom is 0.274 e. The first-order valence-corrected chi connectivity index (χ1v) is 9.37. The van der Waals surface area contributed by atoms with E-state index in [2.05, 4.69) is 10.2 Å². The molecular formula is C20H21FN4O4. The van der Waals surface area contributed by atoms with Crippen LogP contribution in [-0.4, -0.2) is 65.2 Å². The lowest BCUT2D eigenvalue weighted by atomic mass is 9.89. The normalized spacial score (nSPS) is 23.3. The van der Waals surface area contributed by atoms with Crippen molar-refractivity contribution in [1.82, 2.24) is 20.0 Å². The molecule has 2 aromatic rings. The highest BCUT2D eigenvalue weighted by molar-refractivity contribution is 5.92. The molecule has 2 aliphatic rings. The van der Waals surface area contributed by atoms with Gasteiger partial charge in [-0.1, -0.05) is 12.1 Å². The molecule has 8 nitrogen and oxygen atoms in total. The summed E-state index contributed by atoms with van der Waals surface area (Å²) in [6, 6.07) is 8.55. The number of hydrogen-bond acceptors (Lipinski definition) is 5. The van der Waals surface area contributed by atoms with Crippen molar-refractivity contribution in [3.05, 3.63) is 63.8 Å². The number of methoxy groups -OCH3 is 1. The molecule has 9 heteroatoms. The van der Waals surface area contributed by atoms with E-state index in [1.54, 1.807) is 21.9 Å². The summed E-state index contributed by atoms with van der Waals surface area (Å²) in [4.78, 5) is 40.0. The van der Waals surface area contributed by atoms with Crippen LogP contribution in [0.2, 0.25) is 0 Å². The maximum absolute atomic E-state index is 13.9. The van der Waals surface area contributed by atoms with Crippen molar-refractivity contribution < 1.29 is 18.7 Å². The minimum absolute atomic E-state index is 0.0238. The van der Waals surface area contributed by atoms with Crippen LogP contribution < -0.4 is 5.56 Å². The van der Waals surface area contributed by atoms with Gasteiger partial charge in [-0.05, 0) is 23.8 Å². The second kappa shape index (κ2) is 7.75. The number of halogens is 1. The fourth-order valence-corrected chi connectivity index (χ4v) is 4.42. The van der Waals surface area contributed by atoms with E-state index in [4.69, 9.17) is 4.74 Å². The van der Waals surface area contributed by atoms with Crippen molar-refractivity contribution in [2.75, 3.05) is 33.4 Å². The largest absolute Gasteiger partial charge is 0.375 e. The van der Waals surface area contributed by atoms with Crippen LogP contribution in [0.5, 0.6) is 0 Å². The Morgan fingerprint density at radius 1 is 1.24 bits per heavy atom. The first-order chi connectivity index (χ1) is 14.0. The fourth-order valence-electron chi connectivity index (χ4n) is 4.42. The molecule has 29 heavy (non-hydrogen) atoms. The van der Waals surface area contributed by atoms with Gasteiger partial charge in [0.05, 0.1) is 6.04 Å². The topological polar surface area (TPSA) is 95.6 Å². The molecule has 2 saturated heterocycles. The predicted octanol–water partition coefficient (Wildman–Crippen LogP) is 0.827. The van der Waals surface area contributed by atoms with Gasteiger partial charge in [0.15, 0.2) is 0 Å². The number of carbonyl (C=O) groups is 2. The summed E-state index contributed by atoms with van der Waals surface area (Å²) in [7, 11) is 1.46. The Hall–Kier alpha value is -3.07. The first-order valence-electron chi connectivity index (χ1n) is 9.37. The third-order valence-corrected chi connectivity index (χ3v) is 5.63. The second-order valence-electron chi connectivity index (χ2n) is 7.42. The number of aromatic amines is 1. The van der Waals surface area contributed by atoms with E-state index in [9.17, 15) is 18.8 Å². The van der Waals surface area contributed by atoms with Gasteiger partial charge in [0, 0.05) is 44.6 Å². The molecule has 0 unspecified atom stereocenters. The Kier molecular flexibility index (Phi) is 5.14. The Bertz CT molecular complexity index is 974. The minimum atomic E-state index is -0.377. The summed E-state index contributed by atoms with van der Waals surface area (Å²) in [6.45, 7) is 1.31. The summed E-state index contributed by atoms with van der Waals surface area (Å²) in [5, 5.41) is 6.08. The molecule has 0 radical (unpaired) electrons. The maximum atomic E-state index is 13.9. The standard InChI is InChI=1S/C20H21FN4O4/c1-29-11-18(27)25-9-13-8-24(20(28)16-5-6-17(26)23-22-16)10-15(13)19(25)12-3-2-4-14(21)7-12/h2-7,13,15,19H,8-11H2,1H3,(H,23,26)/t13-,15-,19+/m1/s1. The van der Waals surface area contributed by atoms with Gasteiger partial charge in [-0.3, -0.25) is 14.4 Å². The molecule has 0 bridgehead atoms. The molecule has 2 fully saturated rings. The summed E-state index contributed by atoms with van der Waals surface area (Å²) in [6.07, 6.45) is 0. The van der Waals surface area contributed by atoms with Crippen molar-refractivity contribution in [2.45, 2.75) is 6.04 Å². The Morgan fingerprint density at radius 3 is 2.76 bits per heavy atom. The van der Waals surface area contributed by atoms with Crippen LogP contribution in [0.3, 0.4) is 0 Å². The van der Waals surface area contributed by atoms with Gasteiger partial charge >= 0.3 is 0 Å². The molecule has 1 aromatic heterocycles. The highest BCUT2D eigenvalue weighted by Crippen LogP contribution is 2.45. The second-order valence-corrected chi connectivity index (χ2v) is 7.42. The highest BCUT2D eigenvalue weighted by Gasteiger charge is 2.50. The van der Waals surface area contributed by atoms with Gasteiger partial charge in [-0.2, -0.15) is 5.10 Å². The van der Waals surface area contributed by atoms with Crippen molar-refractivity contribution >= 4 is 11.8 Å². The summed E-state index contributed by atoms with van der Waals surface area (Å²) in [5.74, 6) is -0.756. The van der Waals surface area contributed by atoms with Gasteiger partial charge in [0.2, 0.25) is 5.91 Å². The SMILES string of the molecule is COCC(=O)N1C[C@H]2CN(C(=O)c3ccc(=O)[nH]n3)C[C@H]2[C@@H]1c1cccc(F)c1. The number of hydrogen-bond donors (Lipinski definition) is 1. The number of H-pyrrole nitrogens is 1. The van der Waals surface area contributed by atoms with Crippen molar-refractivity contribution in [1.29, 1.82) is 0 Å². The lowest BCUT2D eigenvalue weighted by Crippen LogP contribution is -2.39. The Balaban J connectivity index is 1.60. The third-order valence-electron chi connectivity index (χ3n) is 5.63. The molecule has 0 aliphatic carbocycles.